The molecule has 0 saturated carbocycles. The number of nitrogens with two attached hydrogens (primary N) is 1. The van der Waals surface area contributed by atoms with E-state index in [4.69, 9.17) is 5.73 Å². The SMILES string of the molecule is NCCSC1CCNCC1. The van der Waals surface area contributed by atoms with E-state index in [1.54, 1.807) is 0 Å². The van der Waals surface area contributed by atoms with Gasteiger partial charge in [0.15, 0.2) is 0 Å². The van der Waals surface area contributed by atoms with Gasteiger partial charge in [-0.05, 0) is 25.9 Å². The fraction of sp³-hybridized carbons (Fsp3) is 1.00. The maximum absolute atomic E-state index is 5.41. The lowest BCUT2D eigenvalue weighted by Gasteiger charge is -2.21. The average molecular weight is 160 g/mol. The highest BCUT2D eigenvalue weighted by molar-refractivity contribution is 7.99. The molecule has 10 heavy (non-hydrogen) atoms. The maximum atomic E-state index is 5.41. The van der Waals surface area contributed by atoms with E-state index in [-0.39, 0.29) is 0 Å². The minimum atomic E-state index is 0.828. The predicted molar refractivity (Wildman–Crippen MR) is 47.4 cm³/mol. The van der Waals surface area contributed by atoms with Crippen molar-refractivity contribution in [2.24, 2.45) is 5.73 Å². The molecule has 0 amide bonds. The van der Waals surface area contributed by atoms with Crippen LogP contribution in [0.2, 0.25) is 0 Å². The molecule has 0 unspecified atom stereocenters. The third-order valence-corrected chi connectivity index (χ3v) is 3.17. The van der Waals surface area contributed by atoms with Crippen molar-refractivity contribution >= 4 is 11.8 Å². The minimum absolute atomic E-state index is 0.828. The summed E-state index contributed by atoms with van der Waals surface area (Å²) in [4.78, 5) is 0. The normalized spacial score (nSPS) is 21.3. The zero-order valence-corrected chi connectivity index (χ0v) is 7.12. The van der Waals surface area contributed by atoms with Crippen molar-refractivity contribution in [1.29, 1.82) is 0 Å². The van der Waals surface area contributed by atoms with Crippen LogP contribution in [0.5, 0.6) is 0 Å². The Balaban J connectivity index is 2.02. The number of piperidine rings is 1. The molecule has 0 spiro atoms. The first-order chi connectivity index (χ1) is 4.93. The van der Waals surface area contributed by atoms with E-state index in [0.717, 1.165) is 17.5 Å². The number of thioether (sulfide) groups is 1. The molecule has 1 rings (SSSR count). The molecule has 0 aromatic carbocycles. The van der Waals surface area contributed by atoms with E-state index < -0.39 is 0 Å². The van der Waals surface area contributed by atoms with Crippen molar-refractivity contribution in [1.82, 2.24) is 5.32 Å². The topological polar surface area (TPSA) is 38.0 Å². The number of hydrogen-bond donors (Lipinski definition) is 2. The summed E-state index contributed by atoms with van der Waals surface area (Å²) >= 11 is 2.03. The molecule has 0 radical (unpaired) electrons. The second-order valence-corrected chi connectivity index (χ2v) is 4.02. The Bertz CT molecular complexity index is 81.7. The lowest BCUT2D eigenvalue weighted by Crippen LogP contribution is -2.29. The Morgan fingerprint density at radius 1 is 1.40 bits per heavy atom. The Morgan fingerprint density at radius 2 is 2.10 bits per heavy atom. The maximum Gasteiger partial charge on any atom is 0.00716 e. The molecular weight excluding hydrogens is 144 g/mol. The Hall–Kier alpha value is 0.270. The van der Waals surface area contributed by atoms with Crippen LogP contribution in [0.1, 0.15) is 12.8 Å². The van der Waals surface area contributed by atoms with Gasteiger partial charge in [-0.15, -0.1) is 0 Å². The van der Waals surface area contributed by atoms with Crippen LogP contribution in [-0.4, -0.2) is 30.6 Å². The second-order valence-electron chi connectivity index (χ2n) is 2.61. The highest BCUT2D eigenvalue weighted by atomic mass is 32.2. The van der Waals surface area contributed by atoms with Gasteiger partial charge in [-0.3, -0.25) is 0 Å². The van der Waals surface area contributed by atoms with Crippen LogP contribution in [0.25, 0.3) is 0 Å². The average Bonchev–Trinajstić information content (AvgIpc) is 2.03. The fourth-order valence-corrected chi connectivity index (χ4v) is 2.24. The van der Waals surface area contributed by atoms with E-state index >= 15 is 0 Å². The molecule has 1 fully saturated rings. The van der Waals surface area contributed by atoms with Crippen molar-refractivity contribution in [3.8, 4) is 0 Å². The van der Waals surface area contributed by atoms with Gasteiger partial charge in [-0.25, -0.2) is 0 Å². The summed E-state index contributed by atoms with van der Waals surface area (Å²) in [6, 6.07) is 0. The first-order valence-electron chi connectivity index (χ1n) is 3.96. The highest BCUT2D eigenvalue weighted by Crippen LogP contribution is 2.18. The molecule has 0 atom stereocenters. The smallest absolute Gasteiger partial charge is 0.00716 e. The van der Waals surface area contributed by atoms with Gasteiger partial charge in [-0.1, -0.05) is 0 Å². The van der Waals surface area contributed by atoms with E-state index in [0.29, 0.717) is 0 Å². The van der Waals surface area contributed by atoms with Gasteiger partial charge in [0.25, 0.3) is 0 Å². The number of hydrogen-bond acceptors (Lipinski definition) is 3. The quantitative estimate of drug-likeness (QED) is 0.629. The molecule has 1 aliphatic rings. The molecule has 0 bridgehead atoms. The zero-order valence-electron chi connectivity index (χ0n) is 6.31. The standard InChI is InChI=1S/C7H16N2S/c8-3-6-10-7-1-4-9-5-2-7/h7,9H,1-6,8H2. The summed E-state index contributed by atoms with van der Waals surface area (Å²) in [6.07, 6.45) is 2.65. The fourth-order valence-electron chi connectivity index (χ4n) is 1.20. The van der Waals surface area contributed by atoms with Crippen molar-refractivity contribution in [3.05, 3.63) is 0 Å². The monoisotopic (exact) mass is 160 g/mol. The third-order valence-electron chi connectivity index (χ3n) is 1.76. The number of nitrogens with one attached hydrogen (secondary N) is 1. The summed E-state index contributed by atoms with van der Waals surface area (Å²) in [6.45, 7) is 3.22. The zero-order chi connectivity index (χ0) is 7.23. The van der Waals surface area contributed by atoms with Gasteiger partial charge in [-0.2, -0.15) is 11.8 Å². The molecule has 0 aliphatic carbocycles. The molecule has 0 aromatic rings. The van der Waals surface area contributed by atoms with Crippen LogP contribution in [0, 0.1) is 0 Å². The minimum Gasteiger partial charge on any atom is -0.330 e. The molecule has 60 valence electrons. The van der Waals surface area contributed by atoms with Crippen LogP contribution < -0.4 is 11.1 Å². The molecule has 3 heteroatoms. The summed E-state index contributed by atoms with van der Waals surface area (Å²) in [7, 11) is 0. The Kier molecular flexibility index (Phi) is 4.18. The van der Waals surface area contributed by atoms with Crippen LogP contribution in [0.15, 0.2) is 0 Å². The highest BCUT2D eigenvalue weighted by Gasteiger charge is 2.11. The first kappa shape index (κ1) is 8.37. The van der Waals surface area contributed by atoms with Gasteiger partial charge >= 0.3 is 0 Å². The Labute approximate surface area is 66.9 Å². The summed E-state index contributed by atoms with van der Waals surface area (Å²) in [5, 5.41) is 4.23. The van der Waals surface area contributed by atoms with Crippen LogP contribution in [0.4, 0.5) is 0 Å². The second kappa shape index (κ2) is 4.99. The summed E-state index contributed by atoms with van der Waals surface area (Å²) < 4.78 is 0. The van der Waals surface area contributed by atoms with Crippen molar-refractivity contribution in [3.63, 3.8) is 0 Å². The summed E-state index contributed by atoms with van der Waals surface area (Å²) in [5.41, 5.74) is 5.41. The van der Waals surface area contributed by atoms with Gasteiger partial charge < -0.3 is 11.1 Å². The van der Waals surface area contributed by atoms with Gasteiger partial charge in [0.05, 0.1) is 0 Å². The van der Waals surface area contributed by atoms with E-state index in [1.165, 1.54) is 25.9 Å². The lowest BCUT2D eigenvalue weighted by molar-refractivity contribution is 0.531. The van der Waals surface area contributed by atoms with Crippen LogP contribution >= 0.6 is 11.8 Å². The molecular formula is C7H16N2S. The molecule has 2 nitrogen and oxygen atoms in total. The molecule has 1 heterocycles. The lowest BCUT2D eigenvalue weighted by atomic mass is 10.2. The summed E-state index contributed by atoms with van der Waals surface area (Å²) in [5.74, 6) is 1.13. The van der Waals surface area contributed by atoms with Gasteiger partial charge in [0.1, 0.15) is 0 Å². The van der Waals surface area contributed by atoms with Crippen molar-refractivity contribution in [2.45, 2.75) is 18.1 Å². The van der Waals surface area contributed by atoms with E-state index in [9.17, 15) is 0 Å². The van der Waals surface area contributed by atoms with Crippen molar-refractivity contribution in [2.75, 3.05) is 25.4 Å². The first-order valence-corrected chi connectivity index (χ1v) is 5.00. The Morgan fingerprint density at radius 3 is 2.70 bits per heavy atom. The number of rotatable bonds is 3. The largest absolute Gasteiger partial charge is 0.330 e. The van der Waals surface area contributed by atoms with Gasteiger partial charge in [0, 0.05) is 17.5 Å². The van der Waals surface area contributed by atoms with E-state index in [2.05, 4.69) is 5.32 Å². The molecule has 1 aliphatic heterocycles. The molecule has 3 N–H and O–H groups in total. The molecule has 1 saturated heterocycles. The predicted octanol–water partition coefficient (Wildman–Crippen LogP) is 0.430. The van der Waals surface area contributed by atoms with Gasteiger partial charge in [0.2, 0.25) is 0 Å². The third kappa shape index (κ3) is 2.90. The molecule has 0 aromatic heterocycles. The van der Waals surface area contributed by atoms with E-state index in [1.807, 2.05) is 11.8 Å². The van der Waals surface area contributed by atoms with Crippen LogP contribution in [-0.2, 0) is 0 Å². The van der Waals surface area contributed by atoms with Crippen LogP contribution in [0.3, 0.4) is 0 Å². The van der Waals surface area contributed by atoms with Crippen molar-refractivity contribution < 1.29 is 0 Å².